The number of benzene rings is 1. The Labute approximate surface area is 170 Å². The van der Waals surface area contributed by atoms with E-state index in [2.05, 4.69) is 10.1 Å². The summed E-state index contributed by atoms with van der Waals surface area (Å²) in [4.78, 5) is 18.7. The van der Waals surface area contributed by atoms with Crippen molar-refractivity contribution in [3.05, 3.63) is 35.2 Å². The fraction of sp³-hybridized carbons (Fsp3) is 0.526. The summed E-state index contributed by atoms with van der Waals surface area (Å²) in [6.07, 6.45) is 3.72. The van der Waals surface area contributed by atoms with Crippen LogP contribution in [0.4, 0.5) is 0 Å². The third kappa shape index (κ3) is 4.55. The molecule has 1 aliphatic rings. The fourth-order valence-corrected chi connectivity index (χ4v) is 4.71. The number of likely N-dealkylation sites (tertiary alicyclic amines) is 1. The Kier molecular flexibility index (Phi) is 6.40. The number of piperidine rings is 1. The summed E-state index contributed by atoms with van der Waals surface area (Å²) < 4.78 is 30.7. The molecule has 0 saturated carbocycles. The minimum Gasteiger partial charge on any atom is -0.339 e. The average Bonchev–Trinajstić information content (AvgIpc) is 3.15. The van der Waals surface area contributed by atoms with Crippen LogP contribution < -0.4 is 0 Å². The lowest BCUT2D eigenvalue weighted by atomic mass is 10.00. The van der Waals surface area contributed by atoms with Gasteiger partial charge in [0.1, 0.15) is 11.0 Å². The van der Waals surface area contributed by atoms with Gasteiger partial charge in [-0.2, -0.15) is 4.98 Å². The van der Waals surface area contributed by atoms with Crippen LogP contribution in [-0.4, -0.2) is 47.2 Å². The van der Waals surface area contributed by atoms with E-state index in [0.29, 0.717) is 17.1 Å². The Morgan fingerprint density at radius 1 is 1.32 bits per heavy atom. The van der Waals surface area contributed by atoms with Gasteiger partial charge in [0, 0.05) is 23.2 Å². The van der Waals surface area contributed by atoms with E-state index in [1.165, 1.54) is 6.92 Å². The Morgan fingerprint density at radius 2 is 2.04 bits per heavy atom. The third-order valence-electron chi connectivity index (χ3n) is 5.16. The van der Waals surface area contributed by atoms with E-state index in [-0.39, 0.29) is 23.7 Å². The molecule has 28 heavy (non-hydrogen) atoms. The maximum atomic E-state index is 12.8. The molecule has 2 atom stereocenters. The Balaban J connectivity index is 1.72. The van der Waals surface area contributed by atoms with E-state index in [9.17, 15) is 13.2 Å². The molecule has 152 valence electrons. The van der Waals surface area contributed by atoms with E-state index in [4.69, 9.17) is 16.1 Å². The quantitative estimate of drug-likeness (QED) is 0.703. The zero-order chi connectivity index (χ0) is 20.3. The van der Waals surface area contributed by atoms with Crippen molar-refractivity contribution in [2.24, 2.45) is 0 Å². The maximum absolute atomic E-state index is 12.8. The van der Waals surface area contributed by atoms with E-state index in [1.807, 2.05) is 6.92 Å². The molecule has 0 unspecified atom stereocenters. The van der Waals surface area contributed by atoms with Crippen LogP contribution in [0.5, 0.6) is 0 Å². The van der Waals surface area contributed by atoms with Crippen molar-refractivity contribution < 1.29 is 17.7 Å². The van der Waals surface area contributed by atoms with Crippen molar-refractivity contribution in [3.63, 3.8) is 0 Å². The van der Waals surface area contributed by atoms with Gasteiger partial charge in [0.05, 0.1) is 0 Å². The van der Waals surface area contributed by atoms with Gasteiger partial charge in [0.15, 0.2) is 9.84 Å². The van der Waals surface area contributed by atoms with Crippen molar-refractivity contribution in [2.45, 2.75) is 56.6 Å². The van der Waals surface area contributed by atoms with Gasteiger partial charge < -0.3 is 9.42 Å². The number of nitrogens with zero attached hydrogens (tertiary/aromatic N) is 3. The van der Waals surface area contributed by atoms with E-state index in [1.54, 1.807) is 29.2 Å². The van der Waals surface area contributed by atoms with Gasteiger partial charge in [0.25, 0.3) is 0 Å². The predicted molar refractivity (Wildman–Crippen MR) is 106 cm³/mol. The van der Waals surface area contributed by atoms with Gasteiger partial charge in [-0.15, -0.1) is 0 Å². The minimum atomic E-state index is -3.78. The first-order valence-electron chi connectivity index (χ1n) is 9.42. The first-order chi connectivity index (χ1) is 13.3. The summed E-state index contributed by atoms with van der Waals surface area (Å²) in [7, 11) is -3.78. The number of sulfone groups is 1. The molecule has 1 fully saturated rings. The Hall–Kier alpha value is -1.93. The normalized spacial score (nSPS) is 18.8. The molecular formula is C19H24ClN3O4S. The van der Waals surface area contributed by atoms with Crippen LogP contribution in [0.3, 0.4) is 0 Å². The highest BCUT2D eigenvalue weighted by Gasteiger charge is 2.36. The Bertz CT molecular complexity index is 927. The first kappa shape index (κ1) is 20.8. The van der Waals surface area contributed by atoms with Crippen LogP contribution in [0.25, 0.3) is 11.4 Å². The molecular weight excluding hydrogens is 402 g/mol. The molecule has 0 spiro atoms. The largest absolute Gasteiger partial charge is 0.339 e. The standard InChI is InChI=1S/C19H24ClN3O4S/c1-3-16-6-4-5-11-23(16)19(24)13(2)28(25,26)12-17-21-18(22-27-17)14-7-9-15(20)10-8-14/h7-10,13,16H,3-6,11-12H2,1-2H3/t13-,16-/m0/s1. The van der Waals surface area contributed by atoms with Gasteiger partial charge in [-0.1, -0.05) is 23.7 Å². The number of hydrogen-bond acceptors (Lipinski definition) is 6. The maximum Gasteiger partial charge on any atom is 0.242 e. The molecule has 1 aromatic heterocycles. The molecule has 1 amide bonds. The average molecular weight is 426 g/mol. The molecule has 1 aromatic carbocycles. The molecule has 9 heteroatoms. The van der Waals surface area contributed by atoms with Gasteiger partial charge in [-0.05, 0) is 56.9 Å². The number of aromatic nitrogens is 2. The molecule has 1 aliphatic heterocycles. The summed E-state index contributed by atoms with van der Waals surface area (Å²) in [6.45, 7) is 4.07. The molecule has 0 bridgehead atoms. The lowest BCUT2D eigenvalue weighted by Gasteiger charge is -2.36. The lowest BCUT2D eigenvalue weighted by Crippen LogP contribution is -2.49. The zero-order valence-electron chi connectivity index (χ0n) is 16.0. The first-order valence-corrected chi connectivity index (χ1v) is 11.5. The summed E-state index contributed by atoms with van der Waals surface area (Å²) >= 11 is 5.86. The van der Waals surface area contributed by atoms with Crippen LogP contribution in [0, 0.1) is 0 Å². The van der Waals surface area contributed by atoms with Crippen molar-refractivity contribution in [1.82, 2.24) is 15.0 Å². The number of halogens is 1. The van der Waals surface area contributed by atoms with Crippen molar-refractivity contribution in [2.75, 3.05) is 6.54 Å². The highest BCUT2D eigenvalue weighted by atomic mass is 35.5. The lowest BCUT2D eigenvalue weighted by molar-refractivity contribution is -0.134. The number of amides is 1. The van der Waals surface area contributed by atoms with Gasteiger partial charge in [-0.3, -0.25) is 4.79 Å². The molecule has 1 saturated heterocycles. The van der Waals surface area contributed by atoms with Gasteiger partial charge >= 0.3 is 0 Å². The highest BCUT2D eigenvalue weighted by molar-refractivity contribution is 7.92. The molecule has 0 radical (unpaired) electrons. The molecule has 3 rings (SSSR count). The molecule has 2 aromatic rings. The van der Waals surface area contributed by atoms with E-state index in [0.717, 1.165) is 25.7 Å². The predicted octanol–water partition coefficient (Wildman–Crippen LogP) is 3.48. The van der Waals surface area contributed by atoms with Crippen molar-refractivity contribution >= 4 is 27.3 Å². The van der Waals surface area contributed by atoms with Crippen LogP contribution in [-0.2, 0) is 20.4 Å². The van der Waals surface area contributed by atoms with Gasteiger partial charge in [-0.25, -0.2) is 8.42 Å². The molecule has 7 nitrogen and oxygen atoms in total. The fourth-order valence-electron chi connectivity index (χ4n) is 3.43. The summed E-state index contributed by atoms with van der Waals surface area (Å²) in [5, 5.41) is 3.26. The topological polar surface area (TPSA) is 93.4 Å². The minimum absolute atomic E-state index is 0.0321. The third-order valence-corrected chi connectivity index (χ3v) is 7.34. The molecule has 0 aliphatic carbocycles. The Morgan fingerprint density at radius 3 is 2.71 bits per heavy atom. The van der Waals surface area contributed by atoms with Crippen LogP contribution in [0.1, 0.15) is 45.4 Å². The van der Waals surface area contributed by atoms with Crippen LogP contribution >= 0.6 is 11.6 Å². The van der Waals surface area contributed by atoms with Crippen LogP contribution in [0.15, 0.2) is 28.8 Å². The van der Waals surface area contributed by atoms with Crippen molar-refractivity contribution in [1.29, 1.82) is 0 Å². The number of hydrogen-bond donors (Lipinski definition) is 0. The van der Waals surface area contributed by atoms with E-state index >= 15 is 0 Å². The highest BCUT2D eigenvalue weighted by Crippen LogP contribution is 2.23. The summed E-state index contributed by atoms with van der Waals surface area (Å²) in [5.74, 6) is -0.562. The van der Waals surface area contributed by atoms with Crippen molar-refractivity contribution in [3.8, 4) is 11.4 Å². The van der Waals surface area contributed by atoms with Gasteiger partial charge in [0.2, 0.25) is 17.6 Å². The SMILES string of the molecule is CC[C@H]1CCCCN1C(=O)[C@H](C)S(=O)(=O)Cc1nc(-c2ccc(Cl)cc2)no1. The smallest absolute Gasteiger partial charge is 0.242 e. The summed E-state index contributed by atoms with van der Waals surface area (Å²) in [5.41, 5.74) is 0.667. The zero-order valence-corrected chi connectivity index (χ0v) is 17.5. The second-order valence-corrected chi connectivity index (χ2v) is 9.82. The second kappa shape index (κ2) is 8.61. The molecule has 2 heterocycles. The van der Waals surface area contributed by atoms with Crippen LogP contribution in [0.2, 0.25) is 5.02 Å². The second-order valence-electron chi connectivity index (χ2n) is 7.06. The number of carbonyl (C=O) groups is 1. The van der Waals surface area contributed by atoms with E-state index < -0.39 is 20.8 Å². The monoisotopic (exact) mass is 425 g/mol. The summed E-state index contributed by atoms with van der Waals surface area (Å²) in [6, 6.07) is 6.93. The number of carbonyl (C=O) groups excluding carboxylic acids is 1. The number of rotatable bonds is 6. The molecule has 0 N–H and O–H groups in total.